The van der Waals surface area contributed by atoms with Gasteiger partial charge >= 0.3 is 0 Å². The van der Waals surface area contributed by atoms with Crippen LogP contribution in [0.2, 0.25) is 0 Å². The summed E-state index contributed by atoms with van der Waals surface area (Å²) in [6.07, 6.45) is 1.56. The number of benzene rings is 2. The Morgan fingerprint density at radius 3 is 2.25 bits per heavy atom. The van der Waals surface area contributed by atoms with Crippen molar-refractivity contribution in [2.75, 3.05) is 20.8 Å². The second-order valence-electron chi connectivity index (χ2n) is 5.46. The van der Waals surface area contributed by atoms with Gasteiger partial charge in [-0.2, -0.15) is 0 Å². The quantitative estimate of drug-likeness (QED) is 0.744. The number of hydrogen-bond donors (Lipinski definition) is 1. The van der Waals surface area contributed by atoms with Gasteiger partial charge in [-0.25, -0.2) is 13.1 Å². The zero-order valence-corrected chi connectivity index (χ0v) is 15.0. The van der Waals surface area contributed by atoms with Gasteiger partial charge in [0.15, 0.2) is 11.5 Å². The molecule has 130 valence electrons. The average molecular weight is 349 g/mol. The molecule has 2 rings (SSSR count). The number of aryl methyl sites for hydroxylation is 2. The lowest BCUT2D eigenvalue weighted by atomic mass is 10.1. The SMILES string of the molecule is COc1cc(C)c(S(=O)(=O)NCCCc2ccccc2)cc1OC. The summed E-state index contributed by atoms with van der Waals surface area (Å²) in [7, 11) is -0.584. The third-order valence-corrected chi connectivity index (χ3v) is 5.35. The van der Waals surface area contributed by atoms with Crippen LogP contribution in [0, 0.1) is 6.92 Å². The number of nitrogens with one attached hydrogen (secondary N) is 1. The van der Waals surface area contributed by atoms with Crippen LogP contribution >= 0.6 is 0 Å². The van der Waals surface area contributed by atoms with Gasteiger partial charge < -0.3 is 9.47 Å². The Morgan fingerprint density at radius 1 is 1.00 bits per heavy atom. The molecule has 0 amide bonds. The molecular weight excluding hydrogens is 326 g/mol. The van der Waals surface area contributed by atoms with Crippen LogP contribution in [0.3, 0.4) is 0 Å². The first kappa shape index (κ1) is 18.3. The van der Waals surface area contributed by atoms with E-state index in [0.717, 1.165) is 12.8 Å². The standard InChI is InChI=1S/C18H23NO4S/c1-14-12-16(22-2)17(23-3)13-18(14)24(20,21)19-11-7-10-15-8-5-4-6-9-15/h4-6,8-9,12-13,19H,7,10-11H2,1-3H3. The molecule has 0 spiro atoms. The van der Waals surface area contributed by atoms with Crippen LogP contribution in [0.25, 0.3) is 0 Å². The monoisotopic (exact) mass is 349 g/mol. The molecule has 0 heterocycles. The van der Waals surface area contributed by atoms with Crippen LogP contribution in [0.15, 0.2) is 47.4 Å². The predicted molar refractivity (Wildman–Crippen MR) is 94.2 cm³/mol. The summed E-state index contributed by atoms with van der Waals surface area (Å²) in [6, 6.07) is 13.1. The number of sulfonamides is 1. The zero-order chi connectivity index (χ0) is 17.6. The summed E-state index contributed by atoms with van der Waals surface area (Å²) in [5.74, 6) is 0.908. The van der Waals surface area contributed by atoms with Crippen LogP contribution < -0.4 is 14.2 Å². The predicted octanol–water partition coefficient (Wildman–Crippen LogP) is 2.92. The maximum Gasteiger partial charge on any atom is 0.240 e. The number of rotatable bonds is 8. The van der Waals surface area contributed by atoms with Crippen LogP contribution in [-0.4, -0.2) is 29.2 Å². The highest BCUT2D eigenvalue weighted by atomic mass is 32.2. The molecule has 24 heavy (non-hydrogen) atoms. The molecule has 0 saturated carbocycles. The van der Waals surface area contributed by atoms with Gasteiger partial charge in [-0.3, -0.25) is 0 Å². The molecular formula is C18H23NO4S. The fourth-order valence-electron chi connectivity index (χ4n) is 2.47. The van der Waals surface area contributed by atoms with Crippen LogP contribution in [0.4, 0.5) is 0 Å². The van der Waals surface area contributed by atoms with Crippen molar-refractivity contribution in [2.45, 2.75) is 24.7 Å². The van der Waals surface area contributed by atoms with Crippen molar-refractivity contribution in [3.63, 3.8) is 0 Å². The fourth-order valence-corrected chi connectivity index (χ4v) is 3.79. The smallest absolute Gasteiger partial charge is 0.240 e. The molecule has 5 nitrogen and oxygen atoms in total. The van der Waals surface area contributed by atoms with E-state index >= 15 is 0 Å². The minimum atomic E-state index is -3.59. The van der Waals surface area contributed by atoms with Crippen molar-refractivity contribution in [3.05, 3.63) is 53.6 Å². The number of methoxy groups -OCH3 is 2. The van der Waals surface area contributed by atoms with Gasteiger partial charge in [0.1, 0.15) is 0 Å². The lowest BCUT2D eigenvalue weighted by Gasteiger charge is -2.13. The van der Waals surface area contributed by atoms with Gasteiger partial charge in [0, 0.05) is 12.6 Å². The van der Waals surface area contributed by atoms with E-state index in [4.69, 9.17) is 9.47 Å². The topological polar surface area (TPSA) is 64.6 Å². The van der Waals surface area contributed by atoms with E-state index in [0.29, 0.717) is 23.6 Å². The van der Waals surface area contributed by atoms with E-state index in [1.807, 2.05) is 30.3 Å². The first-order valence-corrected chi connectivity index (χ1v) is 9.22. The van der Waals surface area contributed by atoms with Gasteiger partial charge in [-0.05, 0) is 37.0 Å². The average Bonchev–Trinajstić information content (AvgIpc) is 2.59. The van der Waals surface area contributed by atoms with E-state index in [2.05, 4.69) is 4.72 Å². The summed E-state index contributed by atoms with van der Waals surface area (Å²) >= 11 is 0. The molecule has 0 fully saturated rings. The molecule has 0 bridgehead atoms. The highest BCUT2D eigenvalue weighted by molar-refractivity contribution is 7.89. The largest absolute Gasteiger partial charge is 0.493 e. The molecule has 0 aliphatic rings. The number of hydrogen-bond acceptors (Lipinski definition) is 4. The Balaban J connectivity index is 2.04. The fraction of sp³-hybridized carbons (Fsp3) is 0.333. The zero-order valence-electron chi connectivity index (χ0n) is 14.2. The van der Waals surface area contributed by atoms with E-state index in [1.54, 1.807) is 13.0 Å². The Labute approximate surface area is 143 Å². The summed E-state index contributed by atoms with van der Waals surface area (Å²) in [6.45, 7) is 2.12. The Hall–Kier alpha value is -2.05. The molecule has 2 aromatic carbocycles. The van der Waals surface area contributed by atoms with Crippen molar-refractivity contribution >= 4 is 10.0 Å². The van der Waals surface area contributed by atoms with Crippen LogP contribution in [0.5, 0.6) is 11.5 Å². The van der Waals surface area contributed by atoms with Gasteiger partial charge in [-0.15, -0.1) is 0 Å². The highest BCUT2D eigenvalue weighted by Crippen LogP contribution is 2.32. The van der Waals surface area contributed by atoms with Crippen molar-refractivity contribution in [1.82, 2.24) is 4.72 Å². The molecule has 0 aromatic heterocycles. The van der Waals surface area contributed by atoms with Gasteiger partial charge in [-0.1, -0.05) is 30.3 Å². The molecule has 0 radical (unpaired) electrons. The first-order chi connectivity index (χ1) is 11.5. The summed E-state index contributed by atoms with van der Waals surface area (Å²) in [5.41, 5.74) is 1.81. The molecule has 0 atom stereocenters. The maximum atomic E-state index is 12.5. The van der Waals surface area contributed by atoms with E-state index in [9.17, 15) is 8.42 Å². The van der Waals surface area contributed by atoms with E-state index in [1.165, 1.54) is 25.8 Å². The van der Waals surface area contributed by atoms with Crippen molar-refractivity contribution in [2.24, 2.45) is 0 Å². The Kier molecular flexibility index (Phi) is 6.23. The minimum Gasteiger partial charge on any atom is -0.493 e. The maximum absolute atomic E-state index is 12.5. The molecule has 0 saturated heterocycles. The molecule has 6 heteroatoms. The van der Waals surface area contributed by atoms with Crippen molar-refractivity contribution in [1.29, 1.82) is 0 Å². The van der Waals surface area contributed by atoms with Gasteiger partial charge in [0.2, 0.25) is 10.0 Å². The summed E-state index contributed by atoms with van der Waals surface area (Å²) < 4.78 is 38.1. The van der Waals surface area contributed by atoms with Crippen LogP contribution in [0.1, 0.15) is 17.5 Å². The molecule has 2 aromatic rings. The molecule has 0 unspecified atom stereocenters. The van der Waals surface area contributed by atoms with Gasteiger partial charge in [0.05, 0.1) is 19.1 Å². The summed E-state index contributed by atoms with van der Waals surface area (Å²) in [4.78, 5) is 0.208. The third kappa shape index (κ3) is 4.49. The van der Waals surface area contributed by atoms with E-state index in [-0.39, 0.29) is 4.90 Å². The van der Waals surface area contributed by atoms with E-state index < -0.39 is 10.0 Å². The third-order valence-electron chi connectivity index (χ3n) is 3.75. The lowest BCUT2D eigenvalue weighted by Crippen LogP contribution is -2.26. The first-order valence-electron chi connectivity index (χ1n) is 7.74. The van der Waals surface area contributed by atoms with Crippen molar-refractivity contribution < 1.29 is 17.9 Å². The van der Waals surface area contributed by atoms with Crippen molar-refractivity contribution in [3.8, 4) is 11.5 Å². The van der Waals surface area contributed by atoms with Crippen LogP contribution in [-0.2, 0) is 16.4 Å². The highest BCUT2D eigenvalue weighted by Gasteiger charge is 2.19. The normalized spacial score (nSPS) is 11.3. The second kappa shape index (κ2) is 8.17. The van der Waals surface area contributed by atoms with Gasteiger partial charge in [0.25, 0.3) is 0 Å². The minimum absolute atomic E-state index is 0.208. The molecule has 0 aliphatic heterocycles. The number of ether oxygens (including phenoxy) is 2. The Morgan fingerprint density at radius 2 is 1.62 bits per heavy atom. The molecule has 1 N–H and O–H groups in total. The summed E-state index contributed by atoms with van der Waals surface area (Å²) in [5, 5.41) is 0. The lowest BCUT2D eigenvalue weighted by molar-refractivity contribution is 0.353. The second-order valence-corrected chi connectivity index (χ2v) is 7.19. The Bertz CT molecular complexity index is 773. The molecule has 0 aliphatic carbocycles.